The van der Waals surface area contributed by atoms with Crippen molar-refractivity contribution in [1.29, 1.82) is 0 Å². The quantitative estimate of drug-likeness (QED) is 0.413. The summed E-state index contributed by atoms with van der Waals surface area (Å²) < 4.78 is 32.4. The number of ether oxygens (including phenoxy) is 3. The molecule has 2 aromatic heterocycles. The number of carbonyl (C=O) groups is 2. The van der Waals surface area contributed by atoms with Crippen molar-refractivity contribution >= 4 is 23.0 Å². The zero-order chi connectivity index (χ0) is 24.7. The van der Waals surface area contributed by atoms with Gasteiger partial charge in [-0.2, -0.15) is 0 Å². The molecule has 5 rings (SSSR count). The molecule has 2 aromatic carbocycles. The summed E-state index contributed by atoms with van der Waals surface area (Å²) in [4.78, 5) is 46.8. The largest absolute Gasteiger partial charge is 0.465 e. The second kappa shape index (κ2) is 8.56. The summed E-state index contributed by atoms with van der Waals surface area (Å²) in [6.45, 7) is 1.20. The molecule has 0 spiro atoms. The average molecular weight is 479 g/mol. The topological polar surface area (TPSA) is 141 Å². The molecule has 0 saturated heterocycles. The van der Waals surface area contributed by atoms with E-state index in [-0.39, 0.29) is 41.6 Å². The van der Waals surface area contributed by atoms with Crippen molar-refractivity contribution in [2.45, 2.75) is 13.5 Å². The van der Waals surface area contributed by atoms with Gasteiger partial charge in [0.15, 0.2) is 28.7 Å². The van der Waals surface area contributed by atoms with E-state index in [2.05, 4.69) is 9.97 Å². The third-order valence-corrected chi connectivity index (χ3v) is 5.32. The number of carbonyl (C=O) groups excluding carboxylic acids is 2. The van der Waals surface area contributed by atoms with Crippen LogP contribution in [-0.4, -0.2) is 44.4 Å². The van der Waals surface area contributed by atoms with Gasteiger partial charge in [-0.15, -0.1) is 0 Å². The number of nitrogens with zero attached hydrogens (tertiary/aromatic N) is 4. The van der Waals surface area contributed by atoms with Gasteiger partial charge in [-0.05, 0) is 31.2 Å². The summed E-state index contributed by atoms with van der Waals surface area (Å²) in [6.07, 6.45) is 0. The van der Waals surface area contributed by atoms with Crippen LogP contribution in [0.2, 0.25) is 0 Å². The number of fused-ring (bicyclic) bond motifs is 2. The van der Waals surface area contributed by atoms with E-state index >= 15 is 0 Å². The molecule has 0 fully saturated rings. The van der Waals surface area contributed by atoms with Crippen LogP contribution in [0.1, 0.15) is 17.4 Å². The van der Waals surface area contributed by atoms with Crippen molar-refractivity contribution in [2.75, 3.05) is 13.4 Å². The number of imidazole rings is 1. The first-order chi connectivity index (χ1) is 16.9. The average Bonchev–Trinajstić information content (AvgIpc) is 3.41. The SMILES string of the molecule is CCOC(=O)Cn1c(=O)n(-c2ccc3c(c2)OCO3)c2nc(-c3ccccc3F)nc(C(N)=O)c21. The Morgan fingerprint density at radius 2 is 1.91 bits per heavy atom. The van der Waals surface area contributed by atoms with Crippen molar-refractivity contribution in [3.8, 4) is 28.6 Å². The minimum Gasteiger partial charge on any atom is -0.465 e. The number of esters is 1. The second-order valence-corrected chi connectivity index (χ2v) is 7.46. The maximum Gasteiger partial charge on any atom is 0.335 e. The summed E-state index contributed by atoms with van der Waals surface area (Å²) >= 11 is 0. The van der Waals surface area contributed by atoms with E-state index in [0.717, 1.165) is 9.13 Å². The third-order valence-electron chi connectivity index (χ3n) is 5.32. The molecule has 35 heavy (non-hydrogen) atoms. The summed E-state index contributed by atoms with van der Waals surface area (Å²) in [5.74, 6) is -1.63. The lowest BCUT2D eigenvalue weighted by molar-refractivity contribution is -0.143. The molecule has 2 N–H and O–H groups in total. The van der Waals surface area contributed by atoms with Gasteiger partial charge in [-0.1, -0.05) is 12.1 Å². The molecule has 1 amide bonds. The molecule has 11 nitrogen and oxygen atoms in total. The minimum absolute atomic E-state index is 0.000252. The van der Waals surface area contributed by atoms with E-state index in [1.54, 1.807) is 31.2 Å². The van der Waals surface area contributed by atoms with Crippen LogP contribution in [0.25, 0.3) is 28.2 Å². The van der Waals surface area contributed by atoms with Crippen molar-refractivity contribution in [2.24, 2.45) is 5.73 Å². The van der Waals surface area contributed by atoms with E-state index < -0.39 is 29.9 Å². The second-order valence-electron chi connectivity index (χ2n) is 7.46. The zero-order valence-corrected chi connectivity index (χ0v) is 18.4. The van der Waals surface area contributed by atoms with Crippen molar-refractivity contribution in [3.63, 3.8) is 0 Å². The van der Waals surface area contributed by atoms with E-state index in [0.29, 0.717) is 17.2 Å². The maximum absolute atomic E-state index is 14.6. The molecule has 0 unspecified atom stereocenters. The Bertz CT molecular complexity index is 1560. The Labute approximate surface area is 196 Å². The third kappa shape index (κ3) is 3.74. The van der Waals surface area contributed by atoms with Gasteiger partial charge in [0.2, 0.25) is 6.79 Å². The van der Waals surface area contributed by atoms with Crippen molar-refractivity contribution in [3.05, 3.63) is 64.5 Å². The van der Waals surface area contributed by atoms with E-state index in [1.807, 2.05) is 0 Å². The van der Waals surface area contributed by atoms with Crippen LogP contribution in [0.4, 0.5) is 4.39 Å². The lowest BCUT2D eigenvalue weighted by atomic mass is 10.2. The first kappa shape index (κ1) is 22.1. The first-order valence-corrected chi connectivity index (χ1v) is 10.5. The van der Waals surface area contributed by atoms with Gasteiger partial charge in [0.1, 0.15) is 17.9 Å². The Kier molecular flexibility index (Phi) is 5.40. The molecule has 0 radical (unpaired) electrons. The smallest absolute Gasteiger partial charge is 0.335 e. The van der Waals surface area contributed by atoms with Crippen LogP contribution >= 0.6 is 0 Å². The summed E-state index contributed by atoms with van der Waals surface area (Å²) in [6, 6.07) is 10.4. The number of rotatable bonds is 6. The fourth-order valence-corrected chi connectivity index (χ4v) is 3.83. The maximum atomic E-state index is 14.6. The Morgan fingerprint density at radius 3 is 2.66 bits per heavy atom. The number of primary amides is 1. The molecular formula is C23H18FN5O6. The fraction of sp³-hybridized carbons (Fsp3) is 0.174. The number of aromatic nitrogens is 4. The number of hydrogen-bond donors (Lipinski definition) is 1. The molecule has 1 aliphatic rings. The van der Waals surface area contributed by atoms with Crippen LogP contribution in [0.15, 0.2) is 47.3 Å². The van der Waals surface area contributed by atoms with Gasteiger partial charge >= 0.3 is 11.7 Å². The highest BCUT2D eigenvalue weighted by atomic mass is 19.1. The van der Waals surface area contributed by atoms with Crippen molar-refractivity contribution < 1.29 is 28.2 Å². The standard InChI is InChI=1S/C23H18FN5O6/c1-2-33-17(30)10-28-19-18(20(25)31)26-21(13-5-3-4-6-14(13)24)27-22(19)29(23(28)32)12-7-8-15-16(9-12)35-11-34-15/h3-9H,2,10-11H2,1H3,(H2,25,31). The zero-order valence-electron chi connectivity index (χ0n) is 18.4. The number of nitrogens with two attached hydrogens (primary N) is 1. The lowest BCUT2D eigenvalue weighted by Crippen LogP contribution is -2.28. The normalized spacial score (nSPS) is 12.2. The predicted molar refractivity (Wildman–Crippen MR) is 120 cm³/mol. The Morgan fingerprint density at radius 1 is 1.14 bits per heavy atom. The summed E-state index contributed by atoms with van der Waals surface area (Å²) in [7, 11) is 0. The Balaban J connectivity index is 1.85. The van der Waals surface area contributed by atoms with Crippen LogP contribution in [0.5, 0.6) is 11.5 Å². The van der Waals surface area contributed by atoms with Crippen LogP contribution in [0.3, 0.4) is 0 Å². The molecule has 12 heteroatoms. The number of halogens is 1. The molecule has 178 valence electrons. The van der Waals surface area contributed by atoms with Crippen LogP contribution in [0, 0.1) is 5.82 Å². The fourth-order valence-electron chi connectivity index (χ4n) is 3.83. The number of amides is 1. The summed E-state index contributed by atoms with van der Waals surface area (Å²) in [5.41, 5.74) is 4.69. The van der Waals surface area contributed by atoms with Gasteiger partial charge in [-0.3, -0.25) is 14.2 Å². The van der Waals surface area contributed by atoms with E-state index in [9.17, 15) is 18.8 Å². The molecule has 0 bridgehead atoms. The van der Waals surface area contributed by atoms with Gasteiger partial charge in [-0.25, -0.2) is 23.7 Å². The van der Waals surface area contributed by atoms with E-state index in [4.69, 9.17) is 19.9 Å². The van der Waals surface area contributed by atoms with Gasteiger partial charge in [0.05, 0.1) is 17.9 Å². The predicted octanol–water partition coefficient (Wildman–Crippen LogP) is 1.78. The van der Waals surface area contributed by atoms with Crippen molar-refractivity contribution in [1.82, 2.24) is 19.1 Å². The molecular weight excluding hydrogens is 461 g/mol. The minimum atomic E-state index is -0.990. The van der Waals surface area contributed by atoms with Gasteiger partial charge in [0, 0.05) is 6.07 Å². The molecule has 3 heterocycles. The highest BCUT2D eigenvalue weighted by Gasteiger charge is 2.27. The molecule has 0 saturated carbocycles. The highest BCUT2D eigenvalue weighted by Crippen LogP contribution is 2.34. The number of benzene rings is 2. The first-order valence-electron chi connectivity index (χ1n) is 10.5. The molecule has 0 aliphatic carbocycles. The van der Waals surface area contributed by atoms with Crippen LogP contribution < -0.4 is 20.9 Å². The summed E-state index contributed by atoms with van der Waals surface area (Å²) in [5, 5.41) is 0. The van der Waals surface area contributed by atoms with Gasteiger partial charge in [0.25, 0.3) is 5.91 Å². The molecule has 0 atom stereocenters. The monoisotopic (exact) mass is 479 g/mol. The lowest BCUT2D eigenvalue weighted by Gasteiger charge is -2.08. The molecule has 1 aliphatic heterocycles. The van der Waals surface area contributed by atoms with Gasteiger partial charge < -0.3 is 19.9 Å². The Hall–Kier alpha value is -4.74. The van der Waals surface area contributed by atoms with Crippen LogP contribution in [-0.2, 0) is 16.1 Å². The number of hydrogen-bond acceptors (Lipinski definition) is 8. The molecule has 4 aromatic rings. The highest BCUT2D eigenvalue weighted by molar-refractivity contribution is 6.02. The van der Waals surface area contributed by atoms with E-state index in [1.165, 1.54) is 18.2 Å².